The number of thioether (sulfide) groups is 1. The van der Waals surface area contributed by atoms with E-state index in [-0.39, 0.29) is 11.7 Å². The van der Waals surface area contributed by atoms with Crippen LogP contribution in [0.15, 0.2) is 28.0 Å². The van der Waals surface area contributed by atoms with Gasteiger partial charge in [0.05, 0.1) is 18.6 Å². The van der Waals surface area contributed by atoms with Gasteiger partial charge >= 0.3 is 0 Å². The zero-order valence-corrected chi connectivity index (χ0v) is 13.1. The smallest absolute Gasteiger partial charge is 0.228 e. The molecule has 3 heterocycles. The van der Waals surface area contributed by atoms with Crippen molar-refractivity contribution in [1.29, 1.82) is 0 Å². The van der Waals surface area contributed by atoms with Crippen LogP contribution >= 0.6 is 11.8 Å². The molecule has 0 bridgehead atoms. The summed E-state index contributed by atoms with van der Waals surface area (Å²) in [5, 5.41) is 9.24. The maximum atomic E-state index is 11.0. The summed E-state index contributed by atoms with van der Waals surface area (Å²) < 4.78 is 7.43. The molecule has 0 aromatic carbocycles. The molecule has 0 radical (unpaired) electrons. The van der Waals surface area contributed by atoms with Crippen LogP contribution in [0.1, 0.15) is 25.0 Å². The van der Waals surface area contributed by atoms with E-state index in [1.807, 2.05) is 16.7 Å². The molecule has 118 valence electrons. The predicted molar refractivity (Wildman–Crippen MR) is 83.8 cm³/mol. The molecule has 2 aromatic rings. The Hall–Kier alpha value is -1.96. The van der Waals surface area contributed by atoms with Crippen LogP contribution in [0.5, 0.6) is 0 Å². The molecule has 2 N–H and O–H groups in total. The average molecular weight is 321 g/mol. The quantitative estimate of drug-likeness (QED) is 0.811. The Bertz CT molecular complexity index is 619. The molecular weight excluding hydrogens is 302 g/mol. The minimum Gasteiger partial charge on any atom is -0.467 e. The number of hydrogen-bond acceptors (Lipinski definition) is 6. The number of furan rings is 1. The van der Waals surface area contributed by atoms with E-state index in [2.05, 4.69) is 15.1 Å². The maximum absolute atomic E-state index is 11.0. The summed E-state index contributed by atoms with van der Waals surface area (Å²) >= 11 is 1.31. The highest BCUT2D eigenvalue weighted by atomic mass is 32.2. The zero-order chi connectivity index (χ0) is 15.4. The van der Waals surface area contributed by atoms with Crippen molar-refractivity contribution < 1.29 is 9.21 Å². The molecule has 2 aromatic heterocycles. The predicted octanol–water partition coefficient (Wildman–Crippen LogP) is 1.49. The highest BCUT2D eigenvalue weighted by molar-refractivity contribution is 7.99. The van der Waals surface area contributed by atoms with Gasteiger partial charge in [-0.05, 0) is 31.4 Å². The first-order chi connectivity index (χ1) is 10.7. The van der Waals surface area contributed by atoms with E-state index in [1.54, 1.807) is 6.26 Å². The molecule has 0 spiro atoms. The minimum absolute atomic E-state index is 0.191. The number of carbonyl (C=O) groups is 1. The van der Waals surface area contributed by atoms with E-state index in [1.165, 1.54) is 18.2 Å². The van der Waals surface area contributed by atoms with Gasteiger partial charge in [-0.1, -0.05) is 11.8 Å². The van der Waals surface area contributed by atoms with Crippen molar-refractivity contribution >= 4 is 23.6 Å². The van der Waals surface area contributed by atoms with Gasteiger partial charge in [0.1, 0.15) is 5.76 Å². The fraction of sp³-hybridized carbons (Fsp3) is 0.500. The number of nitrogens with zero attached hydrogens (tertiary/aromatic N) is 4. The molecular formula is C14H19N5O2S. The van der Waals surface area contributed by atoms with Crippen LogP contribution in [0, 0.1) is 0 Å². The molecule has 0 aliphatic carbocycles. The number of rotatable bonds is 6. The first-order valence-electron chi connectivity index (χ1n) is 7.35. The highest BCUT2D eigenvalue weighted by Crippen LogP contribution is 2.25. The number of hydrogen-bond donors (Lipinski definition) is 1. The number of carbonyl (C=O) groups excluding carboxylic acids is 1. The second kappa shape index (κ2) is 6.87. The van der Waals surface area contributed by atoms with Gasteiger partial charge in [-0.3, -0.25) is 9.36 Å². The molecule has 1 aliphatic heterocycles. The van der Waals surface area contributed by atoms with Crippen molar-refractivity contribution in [3.05, 3.63) is 24.2 Å². The van der Waals surface area contributed by atoms with E-state index in [9.17, 15) is 4.79 Å². The standard InChI is InChI=1S/C14H19N5O2S/c15-12(20)10-22-14-17-16-13(18-6-2-1-3-7-18)19(14)9-11-5-4-8-21-11/h4-5,8H,1-3,6-7,9-10H2,(H2,15,20). The molecule has 0 unspecified atom stereocenters. The fourth-order valence-corrected chi connectivity index (χ4v) is 3.22. The van der Waals surface area contributed by atoms with Crippen molar-refractivity contribution in [3.8, 4) is 0 Å². The summed E-state index contributed by atoms with van der Waals surface area (Å²) in [6.07, 6.45) is 5.23. The van der Waals surface area contributed by atoms with E-state index < -0.39 is 0 Å². The third-order valence-electron chi connectivity index (χ3n) is 3.57. The molecule has 1 amide bonds. The molecule has 7 nitrogen and oxygen atoms in total. The lowest BCUT2D eigenvalue weighted by molar-refractivity contribution is -0.115. The molecule has 1 aliphatic rings. The van der Waals surface area contributed by atoms with E-state index in [0.717, 1.165) is 37.6 Å². The molecule has 3 rings (SSSR count). The zero-order valence-electron chi connectivity index (χ0n) is 12.3. The average Bonchev–Trinajstić information content (AvgIpc) is 3.16. The van der Waals surface area contributed by atoms with Crippen LogP contribution < -0.4 is 10.6 Å². The van der Waals surface area contributed by atoms with Crippen molar-refractivity contribution in [2.45, 2.75) is 31.0 Å². The lowest BCUT2D eigenvalue weighted by Gasteiger charge is -2.27. The topological polar surface area (TPSA) is 90.2 Å². The van der Waals surface area contributed by atoms with Gasteiger partial charge < -0.3 is 15.1 Å². The Morgan fingerprint density at radius 1 is 1.32 bits per heavy atom. The Labute approximate surface area is 132 Å². The Balaban J connectivity index is 1.85. The molecule has 1 fully saturated rings. The Morgan fingerprint density at radius 3 is 2.82 bits per heavy atom. The Morgan fingerprint density at radius 2 is 2.14 bits per heavy atom. The maximum Gasteiger partial charge on any atom is 0.228 e. The van der Waals surface area contributed by atoms with Crippen molar-refractivity contribution in [2.24, 2.45) is 5.73 Å². The summed E-state index contributed by atoms with van der Waals surface area (Å²) in [4.78, 5) is 13.3. The number of aromatic nitrogens is 3. The van der Waals surface area contributed by atoms with Crippen LogP contribution in [0.4, 0.5) is 5.95 Å². The van der Waals surface area contributed by atoms with E-state index in [4.69, 9.17) is 10.2 Å². The van der Waals surface area contributed by atoms with Crippen LogP contribution in [0.3, 0.4) is 0 Å². The summed E-state index contributed by atoms with van der Waals surface area (Å²) in [5.74, 6) is 1.50. The SMILES string of the molecule is NC(=O)CSc1nnc(N2CCCCC2)n1Cc1ccco1. The lowest BCUT2D eigenvalue weighted by atomic mass is 10.1. The van der Waals surface area contributed by atoms with Gasteiger partial charge in [0.25, 0.3) is 0 Å². The molecule has 22 heavy (non-hydrogen) atoms. The third-order valence-corrected chi connectivity index (χ3v) is 4.56. The summed E-state index contributed by atoms with van der Waals surface area (Å²) in [6, 6.07) is 3.78. The second-order valence-electron chi connectivity index (χ2n) is 5.25. The van der Waals surface area contributed by atoms with Crippen molar-refractivity contribution in [3.63, 3.8) is 0 Å². The van der Waals surface area contributed by atoms with Crippen LogP contribution in [-0.4, -0.2) is 39.5 Å². The van der Waals surface area contributed by atoms with E-state index >= 15 is 0 Å². The Kier molecular flexibility index (Phi) is 4.67. The largest absolute Gasteiger partial charge is 0.467 e. The number of amides is 1. The highest BCUT2D eigenvalue weighted by Gasteiger charge is 2.21. The van der Waals surface area contributed by atoms with Crippen LogP contribution in [-0.2, 0) is 11.3 Å². The minimum atomic E-state index is -0.364. The second-order valence-corrected chi connectivity index (χ2v) is 6.19. The summed E-state index contributed by atoms with van der Waals surface area (Å²) in [5.41, 5.74) is 5.23. The molecule has 0 atom stereocenters. The summed E-state index contributed by atoms with van der Waals surface area (Å²) in [6.45, 7) is 2.51. The first-order valence-corrected chi connectivity index (χ1v) is 8.34. The van der Waals surface area contributed by atoms with Gasteiger partial charge in [0, 0.05) is 13.1 Å². The van der Waals surface area contributed by atoms with Gasteiger partial charge in [0.15, 0.2) is 5.16 Å². The normalized spacial score (nSPS) is 15.2. The number of anilines is 1. The van der Waals surface area contributed by atoms with Crippen LogP contribution in [0.2, 0.25) is 0 Å². The van der Waals surface area contributed by atoms with Gasteiger partial charge in [-0.25, -0.2) is 0 Å². The van der Waals surface area contributed by atoms with Crippen molar-refractivity contribution in [2.75, 3.05) is 23.7 Å². The first kappa shape index (κ1) is 15.0. The summed E-state index contributed by atoms with van der Waals surface area (Å²) in [7, 11) is 0. The molecule has 1 saturated heterocycles. The third kappa shape index (κ3) is 3.44. The lowest BCUT2D eigenvalue weighted by Crippen LogP contribution is -2.32. The number of primary amides is 1. The molecule has 8 heteroatoms. The van der Waals surface area contributed by atoms with Crippen molar-refractivity contribution in [1.82, 2.24) is 14.8 Å². The number of piperidine rings is 1. The monoisotopic (exact) mass is 321 g/mol. The van der Waals surface area contributed by atoms with Gasteiger partial charge in [-0.15, -0.1) is 10.2 Å². The van der Waals surface area contributed by atoms with Gasteiger partial charge in [-0.2, -0.15) is 0 Å². The van der Waals surface area contributed by atoms with Gasteiger partial charge in [0.2, 0.25) is 11.9 Å². The fourth-order valence-electron chi connectivity index (χ4n) is 2.55. The van der Waals surface area contributed by atoms with E-state index in [0.29, 0.717) is 11.7 Å². The molecule has 0 saturated carbocycles. The van der Waals surface area contributed by atoms with Crippen LogP contribution in [0.25, 0.3) is 0 Å². The number of nitrogens with two attached hydrogens (primary N) is 1.